The molecule has 1 atom stereocenters. The normalized spacial score (nSPS) is 22.2. The van der Waals surface area contributed by atoms with Gasteiger partial charge in [0.25, 0.3) is 0 Å². The lowest BCUT2D eigenvalue weighted by molar-refractivity contribution is -0.000225. The highest BCUT2D eigenvalue weighted by Gasteiger charge is 2.46. The molecule has 4 rings (SSSR count). The van der Waals surface area contributed by atoms with Crippen LogP contribution in [0.1, 0.15) is 35.6 Å². The minimum absolute atomic E-state index is 0.277. The second-order valence-electron chi connectivity index (χ2n) is 6.83. The first-order chi connectivity index (χ1) is 11.3. The molecule has 1 saturated heterocycles. The van der Waals surface area contributed by atoms with Gasteiger partial charge in [-0.2, -0.15) is 0 Å². The Morgan fingerprint density at radius 2 is 1.91 bits per heavy atom. The summed E-state index contributed by atoms with van der Waals surface area (Å²) in [5, 5.41) is 13.4. The first-order valence-electron chi connectivity index (χ1n) is 8.44. The summed E-state index contributed by atoms with van der Waals surface area (Å²) < 4.78 is 5.62. The molecule has 3 nitrogen and oxygen atoms in total. The number of hydrogen-bond acceptors (Lipinski definition) is 3. The molecule has 23 heavy (non-hydrogen) atoms. The van der Waals surface area contributed by atoms with Gasteiger partial charge in [-0.3, -0.25) is 0 Å². The van der Waals surface area contributed by atoms with Gasteiger partial charge in [0.15, 0.2) is 0 Å². The van der Waals surface area contributed by atoms with Crippen molar-refractivity contribution in [3.05, 3.63) is 65.2 Å². The lowest BCUT2D eigenvalue weighted by Gasteiger charge is -2.39. The summed E-state index contributed by atoms with van der Waals surface area (Å²) in [4.78, 5) is 0. The van der Waals surface area contributed by atoms with Crippen molar-refractivity contribution in [1.82, 2.24) is 5.32 Å². The van der Waals surface area contributed by atoms with Crippen LogP contribution in [0.2, 0.25) is 0 Å². The van der Waals surface area contributed by atoms with E-state index < -0.39 is 0 Å². The summed E-state index contributed by atoms with van der Waals surface area (Å²) in [6.07, 6.45) is 3.36. The summed E-state index contributed by atoms with van der Waals surface area (Å²) in [7, 11) is 0. The molecule has 0 amide bonds. The van der Waals surface area contributed by atoms with E-state index in [4.69, 9.17) is 4.74 Å². The van der Waals surface area contributed by atoms with Crippen LogP contribution in [-0.2, 0) is 17.7 Å². The van der Waals surface area contributed by atoms with E-state index in [2.05, 4.69) is 35.6 Å². The van der Waals surface area contributed by atoms with E-state index in [0.717, 1.165) is 44.6 Å². The highest BCUT2D eigenvalue weighted by Crippen LogP contribution is 2.51. The molecule has 1 spiro atoms. The fraction of sp³-hybridized carbons (Fsp3) is 0.400. The lowest BCUT2D eigenvalue weighted by Crippen LogP contribution is -2.39. The average Bonchev–Trinajstić information content (AvgIpc) is 2.86. The number of ether oxygens (including phenoxy) is 1. The Kier molecular flexibility index (Phi) is 3.83. The molecule has 3 heteroatoms. The van der Waals surface area contributed by atoms with Crippen molar-refractivity contribution >= 4 is 0 Å². The van der Waals surface area contributed by atoms with Gasteiger partial charge in [-0.15, -0.1) is 0 Å². The zero-order chi connectivity index (χ0) is 15.7. The molecule has 2 aromatic rings. The number of aromatic hydroxyl groups is 1. The van der Waals surface area contributed by atoms with Crippen LogP contribution in [0.4, 0.5) is 0 Å². The predicted octanol–water partition coefficient (Wildman–Crippen LogP) is 3.58. The number of benzene rings is 2. The van der Waals surface area contributed by atoms with Crippen LogP contribution >= 0.6 is 0 Å². The zero-order valence-corrected chi connectivity index (χ0v) is 13.3. The molecule has 1 heterocycles. The number of rotatable bonds is 3. The van der Waals surface area contributed by atoms with E-state index >= 15 is 0 Å². The third-order valence-electron chi connectivity index (χ3n) is 5.43. The molecule has 1 aliphatic heterocycles. The molecule has 2 aliphatic rings. The van der Waals surface area contributed by atoms with Gasteiger partial charge in [-0.25, -0.2) is 0 Å². The summed E-state index contributed by atoms with van der Waals surface area (Å²) in [6, 6.07) is 16.7. The standard InChI is InChI=1S/C20H23NO2/c22-17-6-3-4-15(12-17)14-21-19-18-7-2-1-5-16(18)13-20(19)8-10-23-11-9-20/h1-7,12,19,21-22H,8-11,13-14H2. The maximum Gasteiger partial charge on any atom is 0.115 e. The Bertz CT molecular complexity index is 692. The Balaban J connectivity index is 1.60. The Morgan fingerprint density at radius 3 is 2.74 bits per heavy atom. The molecular formula is C20H23NO2. The van der Waals surface area contributed by atoms with Crippen molar-refractivity contribution in [2.24, 2.45) is 5.41 Å². The van der Waals surface area contributed by atoms with Crippen LogP contribution < -0.4 is 5.32 Å². The topological polar surface area (TPSA) is 41.5 Å². The Morgan fingerprint density at radius 1 is 1.09 bits per heavy atom. The van der Waals surface area contributed by atoms with Crippen LogP contribution in [0.5, 0.6) is 5.75 Å². The van der Waals surface area contributed by atoms with E-state index in [-0.39, 0.29) is 5.41 Å². The molecule has 0 bridgehead atoms. The number of phenols is 1. The van der Waals surface area contributed by atoms with E-state index in [1.807, 2.05) is 12.1 Å². The summed E-state index contributed by atoms with van der Waals surface area (Å²) >= 11 is 0. The smallest absolute Gasteiger partial charge is 0.115 e. The SMILES string of the molecule is Oc1cccc(CNC2c3ccccc3CC23CCOCC3)c1. The van der Waals surface area contributed by atoms with Crippen molar-refractivity contribution in [2.75, 3.05) is 13.2 Å². The molecule has 1 aliphatic carbocycles. The van der Waals surface area contributed by atoms with Gasteiger partial charge in [0.05, 0.1) is 0 Å². The van der Waals surface area contributed by atoms with Gasteiger partial charge in [0.1, 0.15) is 5.75 Å². The molecule has 0 saturated carbocycles. The largest absolute Gasteiger partial charge is 0.508 e. The maximum absolute atomic E-state index is 9.66. The third-order valence-corrected chi connectivity index (χ3v) is 5.43. The summed E-state index contributed by atoms with van der Waals surface area (Å²) in [5.41, 5.74) is 4.31. The first kappa shape index (κ1) is 14.7. The summed E-state index contributed by atoms with van der Waals surface area (Å²) in [6.45, 7) is 2.49. The average molecular weight is 309 g/mol. The van der Waals surface area contributed by atoms with Crippen molar-refractivity contribution < 1.29 is 9.84 Å². The van der Waals surface area contributed by atoms with Crippen LogP contribution in [-0.4, -0.2) is 18.3 Å². The van der Waals surface area contributed by atoms with Crippen LogP contribution in [0, 0.1) is 5.41 Å². The number of fused-ring (bicyclic) bond motifs is 1. The van der Waals surface area contributed by atoms with Gasteiger partial charge >= 0.3 is 0 Å². The van der Waals surface area contributed by atoms with E-state index in [0.29, 0.717) is 11.8 Å². The second-order valence-corrected chi connectivity index (χ2v) is 6.83. The van der Waals surface area contributed by atoms with Gasteiger partial charge in [0, 0.05) is 25.8 Å². The van der Waals surface area contributed by atoms with E-state index in [1.54, 1.807) is 6.07 Å². The van der Waals surface area contributed by atoms with Gasteiger partial charge in [0.2, 0.25) is 0 Å². The minimum Gasteiger partial charge on any atom is -0.508 e. The highest BCUT2D eigenvalue weighted by atomic mass is 16.5. The molecule has 0 aromatic heterocycles. The van der Waals surface area contributed by atoms with Crippen LogP contribution in [0.3, 0.4) is 0 Å². The minimum atomic E-state index is 0.277. The second kappa shape index (κ2) is 5.99. The molecule has 1 unspecified atom stereocenters. The van der Waals surface area contributed by atoms with E-state index in [9.17, 15) is 5.11 Å². The molecule has 120 valence electrons. The molecule has 2 N–H and O–H groups in total. The van der Waals surface area contributed by atoms with Crippen LogP contribution in [0.15, 0.2) is 48.5 Å². The first-order valence-corrected chi connectivity index (χ1v) is 8.44. The van der Waals surface area contributed by atoms with Crippen molar-refractivity contribution in [3.63, 3.8) is 0 Å². The van der Waals surface area contributed by atoms with Crippen LogP contribution in [0.25, 0.3) is 0 Å². The van der Waals surface area contributed by atoms with Gasteiger partial charge in [-0.05, 0) is 53.5 Å². The van der Waals surface area contributed by atoms with Gasteiger partial charge in [-0.1, -0.05) is 36.4 Å². The monoisotopic (exact) mass is 309 g/mol. The van der Waals surface area contributed by atoms with Crippen molar-refractivity contribution in [1.29, 1.82) is 0 Å². The molecular weight excluding hydrogens is 286 g/mol. The number of phenolic OH excluding ortho intramolecular Hbond substituents is 1. The molecule has 1 fully saturated rings. The third kappa shape index (κ3) is 2.75. The zero-order valence-electron chi connectivity index (χ0n) is 13.3. The van der Waals surface area contributed by atoms with E-state index in [1.165, 1.54) is 11.1 Å². The number of hydrogen-bond donors (Lipinski definition) is 2. The summed E-state index contributed by atoms with van der Waals surface area (Å²) in [5.74, 6) is 0.330. The quantitative estimate of drug-likeness (QED) is 0.910. The predicted molar refractivity (Wildman–Crippen MR) is 90.3 cm³/mol. The lowest BCUT2D eigenvalue weighted by atomic mass is 9.74. The molecule has 0 radical (unpaired) electrons. The van der Waals surface area contributed by atoms with Gasteiger partial charge < -0.3 is 15.2 Å². The Labute approximate surface area is 137 Å². The number of nitrogens with one attached hydrogen (secondary N) is 1. The molecule has 2 aromatic carbocycles. The maximum atomic E-state index is 9.66. The fourth-order valence-corrected chi connectivity index (χ4v) is 4.24. The van der Waals surface area contributed by atoms with Crippen molar-refractivity contribution in [2.45, 2.75) is 31.8 Å². The highest BCUT2D eigenvalue weighted by molar-refractivity contribution is 5.39. The Hall–Kier alpha value is -1.84. The fourth-order valence-electron chi connectivity index (χ4n) is 4.24. The van der Waals surface area contributed by atoms with Crippen molar-refractivity contribution in [3.8, 4) is 5.75 Å².